The molecule has 0 saturated carbocycles. The monoisotopic (exact) mass is 198 g/mol. The second-order valence-electron chi connectivity index (χ2n) is 3.19. The fourth-order valence-electron chi connectivity index (χ4n) is 1.29. The highest BCUT2D eigenvalue weighted by Crippen LogP contribution is 2.26. The Morgan fingerprint density at radius 2 is 2.14 bits per heavy atom. The Kier molecular flexibility index (Phi) is 3.33. The molecule has 0 amide bonds. The Morgan fingerprint density at radius 3 is 2.71 bits per heavy atom. The van der Waals surface area contributed by atoms with Gasteiger partial charge in [-0.2, -0.15) is 8.78 Å². The molecule has 0 heterocycles. The number of benzene rings is 1. The van der Waals surface area contributed by atoms with Gasteiger partial charge in [0.25, 0.3) is 0 Å². The first-order chi connectivity index (χ1) is 6.60. The molecule has 0 saturated heterocycles. The lowest BCUT2D eigenvalue weighted by atomic mass is 10.0. The highest BCUT2D eigenvalue weighted by molar-refractivity contribution is 5.63. The number of alkyl halides is 2. The molecular weight excluding hydrogens is 186 g/mol. The molecule has 76 valence electrons. The van der Waals surface area contributed by atoms with Crippen LogP contribution in [0.3, 0.4) is 0 Å². The van der Waals surface area contributed by atoms with Crippen LogP contribution in [0.15, 0.2) is 24.3 Å². The summed E-state index contributed by atoms with van der Waals surface area (Å²) >= 11 is 0. The van der Waals surface area contributed by atoms with E-state index in [4.69, 9.17) is 0 Å². The van der Waals surface area contributed by atoms with E-state index < -0.39 is 5.92 Å². The molecule has 0 unspecified atom stereocenters. The second kappa shape index (κ2) is 4.31. The maximum absolute atomic E-state index is 12.9. The highest BCUT2D eigenvalue weighted by Gasteiger charge is 2.30. The van der Waals surface area contributed by atoms with Crippen LogP contribution in [-0.2, 0) is 17.1 Å². The maximum atomic E-state index is 12.9. The summed E-state index contributed by atoms with van der Waals surface area (Å²) in [6.07, 6.45) is 1.33. The van der Waals surface area contributed by atoms with Gasteiger partial charge in [0.1, 0.15) is 0 Å². The predicted octanol–water partition coefficient (Wildman–Crippen LogP) is 2.93. The van der Waals surface area contributed by atoms with E-state index in [1.54, 1.807) is 12.1 Å². The van der Waals surface area contributed by atoms with Gasteiger partial charge in [-0.05, 0) is 18.1 Å². The van der Waals surface area contributed by atoms with Crippen molar-refractivity contribution in [2.45, 2.75) is 25.7 Å². The third kappa shape index (κ3) is 2.37. The number of carbonyl (C=O) groups excluding carboxylic acids is 1. The molecule has 3 heteroatoms. The van der Waals surface area contributed by atoms with Crippen molar-refractivity contribution in [1.82, 2.24) is 0 Å². The van der Waals surface area contributed by atoms with Gasteiger partial charge in [-0.3, -0.25) is 4.79 Å². The molecule has 0 atom stereocenters. The van der Waals surface area contributed by atoms with E-state index in [-0.39, 0.29) is 11.8 Å². The van der Waals surface area contributed by atoms with E-state index in [0.717, 1.165) is 18.4 Å². The molecule has 1 rings (SSSR count). The van der Waals surface area contributed by atoms with Crippen LogP contribution >= 0.6 is 0 Å². The molecular formula is C11H12F2O. The zero-order valence-electron chi connectivity index (χ0n) is 7.97. The van der Waals surface area contributed by atoms with Crippen LogP contribution in [0.25, 0.3) is 0 Å². The van der Waals surface area contributed by atoms with E-state index >= 15 is 0 Å². The zero-order valence-corrected chi connectivity index (χ0v) is 7.97. The molecule has 1 aromatic rings. The Labute approximate surface area is 81.7 Å². The minimum absolute atomic E-state index is 0.224. The third-order valence-corrected chi connectivity index (χ3v) is 2.00. The normalized spacial score (nSPS) is 11.4. The Bertz CT molecular complexity index is 321. The lowest BCUT2D eigenvalue weighted by Gasteiger charge is -2.10. The van der Waals surface area contributed by atoms with Crippen LogP contribution < -0.4 is 0 Å². The topological polar surface area (TPSA) is 17.1 Å². The van der Waals surface area contributed by atoms with Crippen LogP contribution in [-0.4, -0.2) is 6.29 Å². The van der Waals surface area contributed by atoms with E-state index in [9.17, 15) is 13.6 Å². The Hall–Kier alpha value is -1.25. The molecule has 0 N–H and O–H groups in total. The van der Waals surface area contributed by atoms with Crippen LogP contribution in [0.5, 0.6) is 0 Å². The summed E-state index contributed by atoms with van der Waals surface area (Å²) in [5.41, 5.74) is 0.616. The van der Waals surface area contributed by atoms with E-state index in [1.807, 2.05) is 6.92 Å². The number of carbonyl (C=O) groups is 1. The van der Waals surface area contributed by atoms with Crippen LogP contribution in [0.2, 0.25) is 0 Å². The molecule has 1 nitrogen and oxygen atoms in total. The van der Waals surface area contributed by atoms with Gasteiger partial charge in [0, 0.05) is 5.56 Å². The molecule has 0 bridgehead atoms. The van der Waals surface area contributed by atoms with Crippen molar-refractivity contribution in [2.75, 3.05) is 0 Å². The van der Waals surface area contributed by atoms with Crippen LogP contribution in [0, 0.1) is 0 Å². The van der Waals surface area contributed by atoms with Gasteiger partial charge < -0.3 is 0 Å². The predicted molar refractivity (Wildman–Crippen MR) is 50.4 cm³/mol. The van der Waals surface area contributed by atoms with E-state index in [0.29, 0.717) is 0 Å². The number of hydrogen-bond acceptors (Lipinski definition) is 1. The quantitative estimate of drug-likeness (QED) is 0.680. The number of aryl methyl sites for hydroxylation is 1. The molecule has 14 heavy (non-hydrogen) atoms. The van der Waals surface area contributed by atoms with Gasteiger partial charge >= 0.3 is 5.92 Å². The van der Waals surface area contributed by atoms with Crippen LogP contribution in [0.4, 0.5) is 8.78 Å². The van der Waals surface area contributed by atoms with Gasteiger partial charge in [-0.25, -0.2) is 0 Å². The lowest BCUT2D eigenvalue weighted by molar-refractivity contribution is -0.130. The summed E-state index contributed by atoms with van der Waals surface area (Å²) in [5, 5.41) is 0. The summed E-state index contributed by atoms with van der Waals surface area (Å²) in [6, 6.07) is 6.00. The number of halogens is 2. The molecule has 0 aliphatic heterocycles. The minimum atomic E-state index is -3.36. The summed E-state index contributed by atoms with van der Waals surface area (Å²) < 4.78 is 25.9. The standard InChI is InChI=1S/C11H12F2O/c1-2-4-9-5-3-6-10(7-9)11(12,13)8-14/h3,5-8H,2,4H2,1H3. The number of rotatable bonds is 4. The van der Waals surface area contributed by atoms with E-state index in [1.165, 1.54) is 12.1 Å². The average molecular weight is 198 g/mol. The summed E-state index contributed by atoms with van der Waals surface area (Å²) in [7, 11) is 0. The second-order valence-corrected chi connectivity index (χ2v) is 3.19. The molecule has 0 aromatic heterocycles. The van der Waals surface area contributed by atoms with Crippen molar-refractivity contribution in [3.05, 3.63) is 35.4 Å². The SMILES string of the molecule is CCCc1cccc(C(F)(F)C=O)c1. The van der Waals surface area contributed by atoms with Gasteiger partial charge in [0.15, 0.2) is 6.29 Å². The summed E-state index contributed by atoms with van der Waals surface area (Å²) in [4.78, 5) is 10.1. The first-order valence-corrected chi connectivity index (χ1v) is 4.53. The van der Waals surface area contributed by atoms with Gasteiger partial charge in [-0.15, -0.1) is 0 Å². The fraction of sp³-hybridized carbons (Fsp3) is 0.364. The summed E-state index contributed by atoms with van der Waals surface area (Å²) in [6.45, 7) is 1.98. The summed E-state index contributed by atoms with van der Waals surface area (Å²) in [5.74, 6) is -3.36. The lowest BCUT2D eigenvalue weighted by Crippen LogP contribution is -2.14. The van der Waals surface area contributed by atoms with Gasteiger partial charge in [-0.1, -0.05) is 31.5 Å². The fourth-order valence-corrected chi connectivity index (χ4v) is 1.29. The van der Waals surface area contributed by atoms with Crippen molar-refractivity contribution < 1.29 is 13.6 Å². The molecule has 0 fully saturated rings. The third-order valence-electron chi connectivity index (χ3n) is 2.00. The smallest absolute Gasteiger partial charge is 0.296 e. The maximum Gasteiger partial charge on any atom is 0.327 e. The molecule has 0 radical (unpaired) electrons. The van der Waals surface area contributed by atoms with Crippen molar-refractivity contribution in [3.8, 4) is 0 Å². The highest BCUT2D eigenvalue weighted by atomic mass is 19.3. The largest absolute Gasteiger partial charge is 0.327 e. The first kappa shape index (κ1) is 10.8. The molecule has 0 spiro atoms. The van der Waals surface area contributed by atoms with Crippen molar-refractivity contribution in [3.63, 3.8) is 0 Å². The minimum Gasteiger partial charge on any atom is -0.296 e. The molecule has 0 aliphatic rings. The Morgan fingerprint density at radius 1 is 1.43 bits per heavy atom. The average Bonchev–Trinajstić information content (AvgIpc) is 2.19. The van der Waals surface area contributed by atoms with Crippen molar-refractivity contribution in [1.29, 1.82) is 0 Å². The van der Waals surface area contributed by atoms with Crippen molar-refractivity contribution in [2.24, 2.45) is 0 Å². The first-order valence-electron chi connectivity index (χ1n) is 4.53. The zero-order chi connectivity index (χ0) is 10.6. The van der Waals surface area contributed by atoms with Crippen molar-refractivity contribution >= 4 is 6.29 Å². The molecule has 1 aromatic carbocycles. The van der Waals surface area contributed by atoms with Gasteiger partial charge in [0.2, 0.25) is 0 Å². The van der Waals surface area contributed by atoms with Gasteiger partial charge in [0.05, 0.1) is 0 Å². The van der Waals surface area contributed by atoms with Crippen LogP contribution in [0.1, 0.15) is 24.5 Å². The Balaban J connectivity index is 2.99. The van der Waals surface area contributed by atoms with E-state index in [2.05, 4.69) is 0 Å². The molecule has 0 aliphatic carbocycles. The number of hydrogen-bond donors (Lipinski definition) is 0. The number of aldehydes is 1.